The number of halogens is 3. The van der Waals surface area contributed by atoms with Crippen LogP contribution in [0.15, 0.2) is 36.4 Å². The van der Waals surface area contributed by atoms with E-state index >= 15 is 0 Å². The molecule has 35 heavy (non-hydrogen) atoms. The molecule has 11 heteroatoms. The number of anilines is 1. The molecular weight excluding hydrogens is 467 g/mol. The Kier molecular flexibility index (Phi) is 9.05. The van der Waals surface area contributed by atoms with Crippen molar-refractivity contribution in [2.75, 3.05) is 59.4 Å². The first-order valence-electron chi connectivity index (χ1n) is 11.1. The second kappa shape index (κ2) is 12.0. The third-order valence-corrected chi connectivity index (χ3v) is 5.63. The van der Waals surface area contributed by atoms with Crippen molar-refractivity contribution < 1.29 is 36.9 Å². The molecule has 1 aliphatic heterocycles. The van der Waals surface area contributed by atoms with Gasteiger partial charge >= 0.3 is 6.36 Å². The van der Waals surface area contributed by atoms with Gasteiger partial charge in [-0.25, -0.2) is 0 Å². The smallest absolute Gasteiger partial charge is 0.493 e. The SMILES string of the molecule is COc1cc(NC(=O)CCN2CCN(Cc3ccc(OC(F)(F)F)cc3)CC2)cc(OC)c1OC. The van der Waals surface area contributed by atoms with E-state index in [1.807, 2.05) is 0 Å². The summed E-state index contributed by atoms with van der Waals surface area (Å²) in [5, 5.41) is 2.87. The summed E-state index contributed by atoms with van der Waals surface area (Å²) in [6, 6.07) is 9.29. The second-order valence-electron chi connectivity index (χ2n) is 8.02. The zero-order valence-corrected chi connectivity index (χ0v) is 20.0. The molecule has 3 rings (SSSR count). The van der Waals surface area contributed by atoms with Crippen LogP contribution in [0, 0.1) is 0 Å². The lowest BCUT2D eigenvalue weighted by Crippen LogP contribution is -2.46. The highest BCUT2D eigenvalue weighted by Gasteiger charge is 2.31. The van der Waals surface area contributed by atoms with Crippen LogP contribution in [-0.2, 0) is 11.3 Å². The lowest BCUT2D eigenvalue weighted by molar-refractivity contribution is -0.274. The lowest BCUT2D eigenvalue weighted by Gasteiger charge is -2.34. The Bertz CT molecular complexity index is 952. The first-order chi connectivity index (χ1) is 16.7. The highest BCUT2D eigenvalue weighted by molar-refractivity contribution is 5.91. The molecule has 8 nitrogen and oxygen atoms in total. The molecule has 0 aliphatic carbocycles. The van der Waals surface area contributed by atoms with E-state index in [-0.39, 0.29) is 11.7 Å². The van der Waals surface area contributed by atoms with Gasteiger partial charge in [0.15, 0.2) is 11.5 Å². The van der Waals surface area contributed by atoms with Crippen LogP contribution in [-0.4, -0.2) is 76.1 Å². The van der Waals surface area contributed by atoms with Gasteiger partial charge in [0.05, 0.1) is 21.3 Å². The summed E-state index contributed by atoms with van der Waals surface area (Å²) in [5.41, 5.74) is 1.47. The van der Waals surface area contributed by atoms with Crippen LogP contribution in [0.25, 0.3) is 0 Å². The van der Waals surface area contributed by atoms with Crippen LogP contribution in [0.1, 0.15) is 12.0 Å². The average molecular weight is 498 g/mol. The fraction of sp³-hybridized carbons (Fsp3) is 0.458. The molecule has 1 amide bonds. The van der Waals surface area contributed by atoms with Gasteiger partial charge in [-0.1, -0.05) is 12.1 Å². The van der Waals surface area contributed by atoms with E-state index in [1.165, 1.54) is 33.5 Å². The standard InChI is InChI=1S/C24H30F3N3O5/c1-32-20-14-18(15-21(33-2)23(20)34-3)28-22(31)8-9-29-10-12-30(13-11-29)16-17-4-6-19(7-5-17)35-24(25,26)27/h4-7,14-15H,8-13,16H2,1-3H3,(H,28,31). The summed E-state index contributed by atoms with van der Waals surface area (Å²) in [6.45, 7) is 4.46. The summed E-state index contributed by atoms with van der Waals surface area (Å²) in [7, 11) is 4.54. The summed E-state index contributed by atoms with van der Waals surface area (Å²) in [4.78, 5) is 16.9. The van der Waals surface area contributed by atoms with Gasteiger partial charge in [0.1, 0.15) is 5.75 Å². The van der Waals surface area contributed by atoms with Gasteiger partial charge in [0, 0.05) is 63.5 Å². The maximum atomic E-state index is 12.5. The third kappa shape index (κ3) is 7.93. The Hall–Kier alpha value is -3.18. The van der Waals surface area contributed by atoms with Crippen molar-refractivity contribution in [3.05, 3.63) is 42.0 Å². The van der Waals surface area contributed by atoms with Crippen LogP contribution in [0.5, 0.6) is 23.0 Å². The minimum Gasteiger partial charge on any atom is -0.493 e. The number of nitrogens with one attached hydrogen (secondary N) is 1. The van der Waals surface area contributed by atoms with Crippen molar-refractivity contribution in [1.29, 1.82) is 0 Å². The summed E-state index contributed by atoms with van der Waals surface area (Å²) in [6.07, 6.45) is -4.36. The number of benzene rings is 2. The summed E-state index contributed by atoms with van der Waals surface area (Å²) < 4.78 is 56.7. The number of nitrogens with zero attached hydrogens (tertiary/aromatic N) is 2. The number of amides is 1. The van der Waals surface area contributed by atoms with Gasteiger partial charge in [-0.05, 0) is 17.7 Å². The molecule has 2 aromatic carbocycles. The maximum absolute atomic E-state index is 12.5. The zero-order chi connectivity index (χ0) is 25.4. The molecule has 1 N–H and O–H groups in total. The number of piperazine rings is 1. The Balaban J connectivity index is 1.42. The average Bonchev–Trinajstić information content (AvgIpc) is 2.83. The molecule has 0 atom stereocenters. The van der Waals surface area contributed by atoms with Gasteiger partial charge in [-0.2, -0.15) is 0 Å². The summed E-state index contributed by atoms with van der Waals surface area (Å²) in [5.74, 6) is 1.02. The molecule has 0 bridgehead atoms. The Morgan fingerprint density at radius 3 is 2.00 bits per heavy atom. The molecule has 0 spiro atoms. The highest BCUT2D eigenvalue weighted by atomic mass is 19.4. The number of carbonyl (C=O) groups excluding carboxylic acids is 1. The Morgan fingerprint density at radius 1 is 0.914 bits per heavy atom. The van der Waals surface area contributed by atoms with E-state index < -0.39 is 6.36 Å². The number of alkyl halides is 3. The van der Waals surface area contributed by atoms with E-state index in [0.29, 0.717) is 42.4 Å². The number of ether oxygens (including phenoxy) is 4. The fourth-order valence-electron chi connectivity index (χ4n) is 3.86. The number of methoxy groups -OCH3 is 3. The Labute approximate surface area is 202 Å². The van der Waals surface area contributed by atoms with Crippen LogP contribution in [0.3, 0.4) is 0 Å². The van der Waals surface area contributed by atoms with E-state index in [9.17, 15) is 18.0 Å². The first kappa shape index (κ1) is 26.4. The molecular formula is C24H30F3N3O5. The first-order valence-corrected chi connectivity index (χ1v) is 11.1. The zero-order valence-electron chi connectivity index (χ0n) is 20.0. The van der Waals surface area contributed by atoms with Crippen LogP contribution in [0.2, 0.25) is 0 Å². The fourth-order valence-corrected chi connectivity index (χ4v) is 3.86. The molecule has 1 saturated heterocycles. The van der Waals surface area contributed by atoms with Crippen LogP contribution < -0.4 is 24.3 Å². The van der Waals surface area contributed by atoms with E-state index in [1.54, 1.807) is 24.3 Å². The number of hydrogen-bond donors (Lipinski definition) is 1. The molecule has 1 heterocycles. The number of carbonyl (C=O) groups is 1. The van der Waals surface area contributed by atoms with Crippen LogP contribution in [0.4, 0.5) is 18.9 Å². The predicted octanol–water partition coefficient (Wildman–Crippen LogP) is 3.76. The van der Waals surface area contributed by atoms with Crippen molar-refractivity contribution in [2.24, 2.45) is 0 Å². The van der Waals surface area contributed by atoms with E-state index in [4.69, 9.17) is 14.2 Å². The van der Waals surface area contributed by atoms with Gasteiger partial charge in [-0.3, -0.25) is 9.69 Å². The number of rotatable bonds is 10. The molecule has 0 aromatic heterocycles. The molecule has 0 saturated carbocycles. The summed E-state index contributed by atoms with van der Waals surface area (Å²) >= 11 is 0. The minimum atomic E-state index is -4.69. The van der Waals surface area contributed by atoms with Crippen molar-refractivity contribution >= 4 is 11.6 Å². The van der Waals surface area contributed by atoms with Crippen molar-refractivity contribution in [3.8, 4) is 23.0 Å². The third-order valence-electron chi connectivity index (χ3n) is 5.63. The van der Waals surface area contributed by atoms with Gasteiger partial charge in [0.2, 0.25) is 11.7 Å². The van der Waals surface area contributed by atoms with Crippen LogP contribution >= 0.6 is 0 Å². The highest BCUT2D eigenvalue weighted by Crippen LogP contribution is 2.39. The van der Waals surface area contributed by atoms with E-state index in [2.05, 4.69) is 19.9 Å². The predicted molar refractivity (Wildman–Crippen MR) is 124 cm³/mol. The number of hydrogen-bond acceptors (Lipinski definition) is 7. The van der Waals surface area contributed by atoms with Gasteiger partial charge in [0.25, 0.3) is 0 Å². The second-order valence-corrected chi connectivity index (χ2v) is 8.02. The molecule has 0 unspecified atom stereocenters. The monoisotopic (exact) mass is 497 g/mol. The molecule has 2 aromatic rings. The Morgan fingerprint density at radius 2 is 1.49 bits per heavy atom. The normalized spacial score (nSPS) is 14.9. The maximum Gasteiger partial charge on any atom is 0.573 e. The van der Waals surface area contributed by atoms with Crippen molar-refractivity contribution in [1.82, 2.24) is 9.80 Å². The largest absolute Gasteiger partial charge is 0.573 e. The quantitative estimate of drug-likeness (QED) is 0.536. The minimum absolute atomic E-state index is 0.122. The molecule has 0 radical (unpaired) electrons. The van der Waals surface area contributed by atoms with Crippen molar-refractivity contribution in [3.63, 3.8) is 0 Å². The molecule has 1 fully saturated rings. The van der Waals surface area contributed by atoms with Gasteiger partial charge < -0.3 is 29.2 Å². The van der Waals surface area contributed by atoms with Crippen molar-refractivity contribution in [2.45, 2.75) is 19.3 Å². The molecule has 1 aliphatic rings. The molecule has 192 valence electrons. The lowest BCUT2D eigenvalue weighted by atomic mass is 10.2. The topological polar surface area (TPSA) is 72.5 Å². The van der Waals surface area contributed by atoms with E-state index in [0.717, 1.165) is 31.7 Å². The van der Waals surface area contributed by atoms with Gasteiger partial charge in [-0.15, -0.1) is 13.2 Å².